The highest BCUT2D eigenvalue weighted by atomic mass is 19.1. The van der Waals surface area contributed by atoms with Crippen LogP contribution in [-0.2, 0) is 0 Å². The second kappa shape index (κ2) is 4.40. The predicted molar refractivity (Wildman–Crippen MR) is 55.9 cm³/mol. The Morgan fingerprint density at radius 2 is 2.33 bits per heavy atom. The normalized spacial score (nSPS) is 24.4. The van der Waals surface area contributed by atoms with E-state index in [-0.39, 0.29) is 24.4 Å². The molecule has 2 atom stereocenters. The highest BCUT2D eigenvalue weighted by molar-refractivity contribution is 5.37. The van der Waals surface area contributed by atoms with Crippen molar-refractivity contribution in [1.29, 1.82) is 0 Å². The van der Waals surface area contributed by atoms with E-state index in [1.807, 2.05) is 12.2 Å². The van der Waals surface area contributed by atoms with Crippen LogP contribution in [0.1, 0.15) is 6.42 Å². The van der Waals surface area contributed by atoms with E-state index in [4.69, 9.17) is 5.11 Å². The number of aliphatic hydroxyl groups is 1. The van der Waals surface area contributed by atoms with Crippen molar-refractivity contribution in [2.45, 2.75) is 12.5 Å². The summed E-state index contributed by atoms with van der Waals surface area (Å²) in [6.07, 6.45) is 6.03. The summed E-state index contributed by atoms with van der Waals surface area (Å²) in [7, 11) is 0. The number of hydrogen-bond acceptors (Lipinski definition) is 3. The fraction of sp³-hybridized carbons (Fsp3) is 0.364. The van der Waals surface area contributed by atoms with Crippen LogP contribution in [0.2, 0.25) is 0 Å². The zero-order valence-corrected chi connectivity index (χ0v) is 8.23. The molecule has 0 saturated carbocycles. The van der Waals surface area contributed by atoms with E-state index in [1.54, 1.807) is 6.07 Å². The predicted octanol–water partition coefficient (Wildman–Crippen LogP) is 1.57. The summed E-state index contributed by atoms with van der Waals surface area (Å²) in [5, 5.41) is 12.1. The first-order valence-electron chi connectivity index (χ1n) is 4.95. The molecule has 0 unspecified atom stereocenters. The van der Waals surface area contributed by atoms with E-state index >= 15 is 0 Å². The van der Waals surface area contributed by atoms with Gasteiger partial charge in [-0.25, -0.2) is 9.37 Å². The van der Waals surface area contributed by atoms with E-state index < -0.39 is 0 Å². The van der Waals surface area contributed by atoms with Crippen LogP contribution < -0.4 is 5.32 Å². The first kappa shape index (κ1) is 10.1. The largest absolute Gasteiger partial charge is 0.396 e. The van der Waals surface area contributed by atoms with E-state index in [0.29, 0.717) is 5.82 Å². The molecule has 1 aliphatic carbocycles. The van der Waals surface area contributed by atoms with Crippen LogP contribution in [-0.4, -0.2) is 22.7 Å². The average Bonchev–Trinajstić information content (AvgIpc) is 2.69. The first-order valence-corrected chi connectivity index (χ1v) is 4.95. The van der Waals surface area contributed by atoms with Gasteiger partial charge >= 0.3 is 0 Å². The standard InChI is InChI=1S/C11H13FN2O/c12-9-2-4-11(13-6-9)14-10-3-1-8(5-10)7-15/h1-4,6,8,10,15H,5,7H2,(H,13,14)/t8-,10+/m0/s1. The molecule has 0 saturated heterocycles. The van der Waals surface area contributed by atoms with E-state index in [1.165, 1.54) is 12.3 Å². The van der Waals surface area contributed by atoms with Crippen molar-refractivity contribution in [3.63, 3.8) is 0 Å². The minimum Gasteiger partial charge on any atom is -0.396 e. The van der Waals surface area contributed by atoms with Crippen LogP contribution in [0.4, 0.5) is 10.2 Å². The molecule has 15 heavy (non-hydrogen) atoms. The molecule has 0 bridgehead atoms. The molecule has 1 heterocycles. The van der Waals surface area contributed by atoms with Gasteiger partial charge in [-0.3, -0.25) is 0 Å². The third-order valence-corrected chi connectivity index (χ3v) is 2.47. The molecule has 0 amide bonds. The number of pyridine rings is 1. The Kier molecular flexibility index (Phi) is 2.97. The summed E-state index contributed by atoms with van der Waals surface area (Å²) in [5.41, 5.74) is 0. The number of aromatic nitrogens is 1. The second-order valence-corrected chi connectivity index (χ2v) is 3.68. The number of anilines is 1. The van der Waals surface area contributed by atoms with Gasteiger partial charge in [0.15, 0.2) is 0 Å². The van der Waals surface area contributed by atoms with E-state index in [2.05, 4.69) is 10.3 Å². The van der Waals surface area contributed by atoms with Gasteiger partial charge in [0.2, 0.25) is 0 Å². The summed E-state index contributed by atoms with van der Waals surface area (Å²) in [6, 6.07) is 3.16. The topological polar surface area (TPSA) is 45.1 Å². The molecule has 0 aromatic carbocycles. The van der Waals surface area contributed by atoms with Gasteiger partial charge in [0.05, 0.1) is 6.20 Å². The Balaban J connectivity index is 1.93. The molecule has 2 rings (SSSR count). The monoisotopic (exact) mass is 208 g/mol. The van der Waals surface area contributed by atoms with Gasteiger partial charge in [-0.05, 0) is 18.6 Å². The molecule has 1 aromatic rings. The Labute approximate surface area is 87.7 Å². The quantitative estimate of drug-likeness (QED) is 0.741. The molecule has 0 radical (unpaired) electrons. The molecule has 2 N–H and O–H groups in total. The maximum atomic E-state index is 12.6. The smallest absolute Gasteiger partial charge is 0.141 e. The molecule has 3 nitrogen and oxygen atoms in total. The molecule has 0 aliphatic heterocycles. The van der Waals surface area contributed by atoms with Crippen LogP contribution in [0.15, 0.2) is 30.5 Å². The number of rotatable bonds is 3. The van der Waals surface area contributed by atoms with Gasteiger partial charge in [-0.2, -0.15) is 0 Å². The zero-order valence-electron chi connectivity index (χ0n) is 8.23. The lowest BCUT2D eigenvalue weighted by atomic mass is 10.1. The van der Waals surface area contributed by atoms with Gasteiger partial charge in [-0.1, -0.05) is 12.2 Å². The van der Waals surface area contributed by atoms with Crippen molar-refractivity contribution in [3.8, 4) is 0 Å². The second-order valence-electron chi connectivity index (χ2n) is 3.68. The lowest BCUT2D eigenvalue weighted by molar-refractivity contribution is 0.250. The van der Waals surface area contributed by atoms with Crippen LogP contribution in [0.5, 0.6) is 0 Å². The highest BCUT2D eigenvalue weighted by Crippen LogP contribution is 2.20. The van der Waals surface area contributed by atoms with Gasteiger partial charge in [0.1, 0.15) is 11.6 Å². The summed E-state index contributed by atoms with van der Waals surface area (Å²) >= 11 is 0. The van der Waals surface area contributed by atoms with Gasteiger partial charge < -0.3 is 10.4 Å². The lowest BCUT2D eigenvalue weighted by Gasteiger charge is -2.12. The number of nitrogens with one attached hydrogen (secondary N) is 1. The van der Waals surface area contributed by atoms with Crippen LogP contribution in [0.25, 0.3) is 0 Å². The summed E-state index contributed by atoms with van der Waals surface area (Å²) in [6.45, 7) is 0.172. The van der Waals surface area contributed by atoms with Crippen molar-refractivity contribution >= 4 is 5.82 Å². The summed E-state index contributed by atoms with van der Waals surface area (Å²) in [5.74, 6) is 0.545. The van der Waals surface area contributed by atoms with Gasteiger partial charge in [-0.15, -0.1) is 0 Å². The Hall–Kier alpha value is -1.42. The van der Waals surface area contributed by atoms with Crippen molar-refractivity contribution < 1.29 is 9.50 Å². The maximum absolute atomic E-state index is 12.6. The molecule has 0 fully saturated rings. The molecular weight excluding hydrogens is 195 g/mol. The number of nitrogens with zero attached hydrogens (tertiary/aromatic N) is 1. The van der Waals surface area contributed by atoms with Crippen LogP contribution >= 0.6 is 0 Å². The molecule has 1 aliphatic rings. The zero-order chi connectivity index (χ0) is 10.7. The average molecular weight is 208 g/mol. The number of aliphatic hydroxyl groups excluding tert-OH is 1. The summed E-state index contributed by atoms with van der Waals surface area (Å²) in [4.78, 5) is 3.91. The molecule has 4 heteroatoms. The number of hydrogen-bond donors (Lipinski definition) is 2. The minimum atomic E-state index is -0.337. The van der Waals surface area contributed by atoms with Crippen molar-refractivity contribution in [2.75, 3.05) is 11.9 Å². The third-order valence-electron chi connectivity index (χ3n) is 2.47. The van der Waals surface area contributed by atoms with Crippen LogP contribution in [0.3, 0.4) is 0 Å². The molecule has 80 valence electrons. The van der Waals surface area contributed by atoms with Gasteiger partial charge in [0.25, 0.3) is 0 Å². The Morgan fingerprint density at radius 1 is 1.47 bits per heavy atom. The van der Waals surface area contributed by atoms with Crippen molar-refractivity contribution in [2.24, 2.45) is 5.92 Å². The molecule has 1 aromatic heterocycles. The minimum absolute atomic E-state index is 0.172. The summed E-state index contributed by atoms with van der Waals surface area (Å²) < 4.78 is 12.6. The van der Waals surface area contributed by atoms with Gasteiger partial charge in [0, 0.05) is 18.6 Å². The Bertz CT molecular complexity index is 350. The Morgan fingerprint density at radius 3 is 2.93 bits per heavy atom. The van der Waals surface area contributed by atoms with E-state index in [0.717, 1.165) is 6.42 Å². The highest BCUT2D eigenvalue weighted by Gasteiger charge is 2.17. The van der Waals surface area contributed by atoms with Crippen LogP contribution in [0, 0.1) is 11.7 Å². The fourth-order valence-electron chi connectivity index (χ4n) is 1.67. The van der Waals surface area contributed by atoms with Crippen molar-refractivity contribution in [3.05, 3.63) is 36.3 Å². The van der Waals surface area contributed by atoms with E-state index in [9.17, 15) is 4.39 Å². The van der Waals surface area contributed by atoms with Crippen molar-refractivity contribution in [1.82, 2.24) is 4.98 Å². The molecular formula is C11H13FN2O. The first-order chi connectivity index (χ1) is 7.28. The lowest BCUT2D eigenvalue weighted by Crippen LogP contribution is -2.17. The SMILES string of the molecule is OC[C@H]1C=C[C@@H](Nc2ccc(F)cn2)C1. The maximum Gasteiger partial charge on any atom is 0.141 e. The fourth-order valence-corrected chi connectivity index (χ4v) is 1.67. The number of halogens is 1. The molecule has 0 spiro atoms. The third kappa shape index (κ3) is 2.53.